The molecule has 0 fully saturated rings. The lowest BCUT2D eigenvalue weighted by molar-refractivity contribution is -0.122. The van der Waals surface area contributed by atoms with Gasteiger partial charge in [-0.2, -0.15) is 0 Å². The van der Waals surface area contributed by atoms with E-state index in [1.165, 1.54) is 12.8 Å². The minimum Gasteiger partial charge on any atom is -0.352 e. The van der Waals surface area contributed by atoms with Gasteiger partial charge in [0.15, 0.2) is 6.29 Å². The fourth-order valence-corrected chi connectivity index (χ4v) is 0.928. The van der Waals surface area contributed by atoms with Gasteiger partial charge in [-0.25, -0.2) is 0 Å². The Morgan fingerprint density at radius 1 is 1.00 bits per heavy atom. The molecule has 2 heteroatoms. The van der Waals surface area contributed by atoms with E-state index in [4.69, 9.17) is 9.47 Å². The Morgan fingerprint density at radius 3 is 1.77 bits per heavy atom. The molecule has 0 unspecified atom stereocenters. The van der Waals surface area contributed by atoms with Crippen LogP contribution in [0.4, 0.5) is 0 Å². The van der Waals surface area contributed by atoms with Gasteiger partial charge in [0.1, 0.15) is 0 Å². The number of hydrogen-bond donors (Lipinski definition) is 0. The van der Waals surface area contributed by atoms with Crippen LogP contribution in [-0.2, 0) is 9.47 Å². The van der Waals surface area contributed by atoms with Gasteiger partial charge < -0.3 is 9.47 Å². The zero-order valence-electron chi connectivity index (χ0n) is 9.21. The Morgan fingerprint density at radius 2 is 1.46 bits per heavy atom. The lowest BCUT2D eigenvalue weighted by atomic mass is 10.3. The maximum absolute atomic E-state index is 5.50. The van der Waals surface area contributed by atoms with E-state index in [2.05, 4.69) is 13.8 Å². The maximum Gasteiger partial charge on any atom is 0.160 e. The molecule has 0 aliphatic carbocycles. The predicted octanol–water partition coefficient (Wildman–Crippen LogP) is 3.17. The molecule has 0 N–H and O–H groups in total. The average Bonchev–Trinajstić information content (AvgIpc) is 2.16. The highest BCUT2D eigenvalue weighted by molar-refractivity contribution is 4.61. The molecule has 79 valence electrons. The number of ether oxygens (including phenoxy) is 2. The molecule has 0 amide bonds. The monoisotopic (exact) mass is 187 g/mol. The molecule has 0 aromatic rings. The third-order valence-corrected chi connectivity index (χ3v) is 1.83. The summed E-state index contributed by atoms with van der Waals surface area (Å²) in [6.45, 7) is 7.90. The van der Waals surface area contributed by atoms with Crippen LogP contribution in [0.1, 0.15) is 46.5 Å². The third-order valence-electron chi connectivity index (χ3n) is 1.83. The van der Waals surface area contributed by atoms with Gasteiger partial charge in [-0.15, -0.1) is 0 Å². The standard InChI is InChI=1S/C11H23O2/c1-4-7-9-12-11(6-3)13-10-8-5-2/h6,11H,4-5,7-10H2,1-3H3. The van der Waals surface area contributed by atoms with Crippen LogP contribution < -0.4 is 0 Å². The van der Waals surface area contributed by atoms with Gasteiger partial charge in [0.25, 0.3) is 0 Å². The minimum absolute atomic E-state index is 0.0990. The van der Waals surface area contributed by atoms with Crippen LogP contribution in [0.15, 0.2) is 0 Å². The quantitative estimate of drug-likeness (QED) is 0.408. The van der Waals surface area contributed by atoms with Crippen LogP contribution in [0.25, 0.3) is 0 Å². The summed E-state index contributed by atoms with van der Waals surface area (Å²) >= 11 is 0. The molecular formula is C11H23O2. The minimum atomic E-state index is -0.0990. The summed E-state index contributed by atoms with van der Waals surface area (Å²) in [5.41, 5.74) is 0. The molecule has 1 radical (unpaired) electrons. The summed E-state index contributed by atoms with van der Waals surface area (Å²) in [6.07, 6.45) is 6.43. The number of rotatable bonds is 9. The molecule has 0 aliphatic heterocycles. The molecule has 0 spiro atoms. The predicted molar refractivity (Wildman–Crippen MR) is 55.5 cm³/mol. The topological polar surface area (TPSA) is 18.5 Å². The molecule has 0 bridgehead atoms. The van der Waals surface area contributed by atoms with Crippen molar-refractivity contribution in [3.8, 4) is 0 Å². The highest BCUT2D eigenvalue weighted by Gasteiger charge is 2.05. The van der Waals surface area contributed by atoms with Gasteiger partial charge in [0.2, 0.25) is 0 Å². The summed E-state index contributed by atoms with van der Waals surface area (Å²) in [5, 5.41) is 0. The van der Waals surface area contributed by atoms with Gasteiger partial charge in [-0.05, 0) is 12.8 Å². The highest BCUT2D eigenvalue weighted by atomic mass is 16.7. The van der Waals surface area contributed by atoms with Crippen molar-refractivity contribution in [2.75, 3.05) is 13.2 Å². The van der Waals surface area contributed by atoms with Crippen molar-refractivity contribution in [3.05, 3.63) is 6.42 Å². The summed E-state index contributed by atoms with van der Waals surface area (Å²) < 4.78 is 11.0. The maximum atomic E-state index is 5.50. The number of unbranched alkanes of at least 4 members (excludes halogenated alkanes) is 2. The van der Waals surface area contributed by atoms with Crippen LogP contribution in [0, 0.1) is 6.42 Å². The van der Waals surface area contributed by atoms with Crippen LogP contribution in [0.5, 0.6) is 0 Å². The van der Waals surface area contributed by atoms with Crippen molar-refractivity contribution >= 4 is 0 Å². The zero-order valence-corrected chi connectivity index (χ0v) is 9.21. The van der Waals surface area contributed by atoms with Crippen LogP contribution >= 0.6 is 0 Å². The smallest absolute Gasteiger partial charge is 0.160 e. The van der Waals surface area contributed by atoms with Crippen LogP contribution in [-0.4, -0.2) is 19.5 Å². The first-order valence-electron chi connectivity index (χ1n) is 5.37. The molecule has 13 heavy (non-hydrogen) atoms. The number of hydrogen-bond acceptors (Lipinski definition) is 2. The lowest BCUT2D eigenvalue weighted by Crippen LogP contribution is -2.18. The molecule has 0 atom stereocenters. The second-order valence-electron chi connectivity index (χ2n) is 3.15. The Kier molecular flexibility index (Phi) is 9.94. The summed E-state index contributed by atoms with van der Waals surface area (Å²) in [7, 11) is 0. The molecule has 0 heterocycles. The van der Waals surface area contributed by atoms with Crippen molar-refractivity contribution < 1.29 is 9.47 Å². The fourth-order valence-electron chi connectivity index (χ4n) is 0.928. The van der Waals surface area contributed by atoms with E-state index in [9.17, 15) is 0 Å². The first-order valence-corrected chi connectivity index (χ1v) is 5.37. The van der Waals surface area contributed by atoms with Gasteiger partial charge in [0, 0.05) is 19.6 Å². The van der Waals surface area contributed by atoms with Gasteiger partial charge >= 0.3 is 0 Å². The molecule has 0 aliphatic rings. The van der Waals surface area contributed by atoms with E-state index >= 15 is 0 Å². The van der Waals surface area contributed by atoms with E-state index in [1.807, 2.05) is 13.3 Å². The van der Waals surface area contributed by atoms with Crippen molar-refractivity contribution in [3.63, 3.8) is 0 Å². The van der Waals surface area contributed by atoms with Crippen molar-refractivity contribution in [1.29, 1.82) is 0 Å². The van der Waals surface area contributed by atoms with Crippen LogP contribution in [0.3, 0.4) is 0 Å². The van der Waals surface area contributed by atoms with E-state index in [0.29, 0.717) is 0 Å². The van der Waals surface area contributed by atoms with E-state index in [-0.39, 0.29) is 6.29 Å². The second-order valence-corrected chi connectivity index (χ2v) is 3.15. The Hall–Kier alpha value is -0.0800. The summed E-state index contributed by atoms with van der Waals surface area (Å²) in [5.74, 6) is 0. The van der Waals surface area contributed by atoms with E-state index in [0.717, 1.165) is 26.1 Å². The van der Waals surface area contributed by atoms with Crippen LogP contribution in [0.2, 0.25) is 0 Å². The lowest BCUT2D eigenvalue weighted by Gasteiger charge is -2.16. The van der Waals surface area contributed by atoms with Crippen molar-refractivity contribution in [1.82, 2.24) is 0 Å². The molecule has 0 aromatic carbocycles. The molecule has 0 rings (SSSR count). The SMILES string of the molecule is C[CH]C(OCCCC)OCCCC. The first kappa shape index (κ1) is 12.9. The summed E-state index contributed by atoms with van der Waals surface area (Å²) in [4.78, 5) is 0. The zero-order chi connectivity index (χ0) is 9.94. The summed E-state index contributed by atoms with van der Waals surface area (Å²) in [6, 6.07) is 0. The Balaban J connectivity index is 3.28. The van der Waals surface area contributed by atoms with E-state index in [1.54, 1.807) is 0 Å². The fraction of sp³-hybridized carbons (Fsp3) is 0.909. The van der Waals surface area contributed by atoms with E-state index < -0.39 is 0 Å². The largest absolute Gasteiger partial charge is 0.352 e. The molecule has 0 saturated heterocycles. The van der Waals surface area contributed by atoms with Crippen molar-refractivity contribution in [2.24, 2.45) is 0 Å². The molecular weight excluding hydrogens is 164 g/mol. The average molecular weight is 187 g/mol. The Bertz CT molecular complexity index is 84.1. The second kappa shape index (κ2) is 10.0. The van der Waals surface area contributed by atoms with Crippen molar-refractivity contribution in [2.45, 2.75) is 52.7 Å². The van der Waals surface area contributed by atoms with Gasteiger partial charge in [-0.3, -0.25) is 0 Å². The molecule has 0 saturated carbocycles. The first-order chi connectivity index (χ1) is 6.35. The van der Waals surface area contributed by atoms with Gasteiger partial charge in [-0.1, -0.05) is 33.6 Å². The molecule has 0 aromatic heterocycles. The van der Waals surface area contributed by atoms with Gasteiger partial charge in [0.05, 0.1) is 0 Å². The third kappa shape index (κ3) is 8.26. The Labute approximate surface area is 82.6 Å². The normalized spacial score (nSPS) is 11.1. The molecule has 2 nitrogen and oxygen atoms in total. The highest BCUT2D eigenvalue weighted by Crippen LogP contribution is 2.02.